The molecular weight excluding hydrogens is 270 g/mol. The van der Waals surface area contributed by atoms with Crippen LogP contribution >= 0.6 is 0 Å². The van der Waals surface area contributed by atoms with E-state index in [1.165, 1.54) is 6.92 Å². The Morgan fingerprint density at radius 2 is 2.10 bits per heavy atom. The van der Waals surface area contributed by atoms with Gasteiger partial charge in [-0.05, 0) is 19.2 Å². The number of rotatable bonds is 8. The quantitative estimate of drug-likeness (QED) is 0.625. The van der Waals surface area contributed by atoms with Gasteiger partial charge in [-0.15, -0.1) is 0 Å². The van der Waals surface area contributed by atoms with Gasteiger partial charge in [0, 0.05) is 31.1 Å². The maximum Gasteiger partial charge on any atom is 0.224 e. The number of carbonyl (C=O) groups excluding carboxylic acids is 2. The van der Waals surface area contributed by atoms with Crippen molar-refractivity contribution >= 4 is 17.5 Å². The van der Waals surface area contributed by atoms with Crippen LogP contribution in [0.4, 0.5) is 5.69 Å². The minimum atomic E-state index is -0.127. The van der Waals surface area contributed by atoms with Gasteiger partial charge in [-0.1, -0.05) is 13.0 Å². The number of anilines is 1. The van der Waals surface area contributed by atoms with Crippen molar-refractivity contribution in [2.75, 3.05) is 32.1 Å². The van der Waals surface area contributed by atoms with E-state index >= 15 is 0 Å². The zero-order valence-electron chi connectivity index (χ0n) is 12.7. The summed E-state index contributed by atoms with van der Waals surface area (Å²) in [5.74, 6) is 0.453. The van der Waals surface area contributed by atoms with Crippen LogP contribution in [-0.2, 0) is 9.59 Å². The van der Waals surface area contributed by atoms with Gasteiger partial charge in [0.25, 0.3) is 0 Å². The van der Waals surface area contributed by atoms with Gasteiger partial charge < -0.3 is 20.7 Å². The lowest BCUT2D eigenvalue weighted by Crippen LogP contribution is -2.36. The van der Waals surface area contributed by atoms with Crippen LogP contribution in [-0.4, -0.2) is 38.6 Å². The lowest BCUT2D eigenvalue weighted by Gasteiger charge is -2.12. The van der Waals surface area contributed by atoms with E-state index in [4.69, 9.17) is 4.74 Å². The van der Waals surface area contributed by atoms with Crippen molar-refractivity contribution in [3.8, 4) is 5.75 Å². The highest BCUT2D eigenvalue weighted by Crippen LogP contribution is 2.16. The zero-order valence-corrected chi connectivity index (χ0v) is 12.7. The van der Waals surface area contributed by atoms with E-state index in [0.717, 1.165) is 0 Å². The third kappa shape index (κ3) is 6.76. The van der Waals surface area contributed by atoms with E-state index < -0.39 is 0 Å². The molecule has 0 aliphatic carbocycles. The molecule has 0 spiro atoms. The minimum absolute atomic E-state index is 0.0000490. The Morgan fingerprint density at radius 3 is 2.76 bits per heavy atom. The number of benzene rings is 1. The molecule has 21 heavy (non-hydrogen) atoms. The Hall–Kier alpha value is -2.08. The number of hydrogen-bond acceptors (Lipinski definition) is 4. The summed E-state index contributed by atoms with van der Waals surface area (Å²) in [7, 11) is 1.81. The normalized spacial score (nSPS) is 11.6. The molecular formula is C15H23N3O3. The Kier molecular flexibility index (Phi) is 7.25. The second kappa shape index (κ2) is 8.97. The molecule has 0 aromatic heterocycles. The Labute approximate surface area is 125 Å². The molecule has 3 N–H and O–H groups in total. The molecule has 0 saturated carbocycles. The van der Waals surface area contributed by atoms with Crippen LogP contribution < -0.4 is 20.7 Å². The summed E-state index contributed by atoms with van der Waals surface area (Å²) in [6.45, 7) is 4.78. The molecule has 0 fully saturated rings. The first-order valence-corrected chi connectivity index (χ1v) is 6.95. The van der Waals surface area contributed by atoms with Crippen LogP contribution in [0.2, 0.25) is 0 Å². The van der Waals surface area contributed by atoms with E-state index in [-0.39, 0.29) is 17.7 Å². The van der Waals surface area contributed by atoms with Gasteiger partial charge in [0.05, 0.1) is 6.54 Å². The lowest BCUT2D eigenvalue weighted by molar-refractivity contribution is -0.124. The second-order valence-corrected chi connectivity index (χ2v) is 4.81. The van der Waals surface area contributed by atoms with E-state index in [9.17, 15) is 9.59 Å². The van der Waals surface area contributed by atoms with Crippen LogP contribution in [0.25, 0.3) is 0 Å². The van der Waals surface area contributed by atoms with Crippen molar-refractivity contribution in [3.63, 3.8) is 0 Å². The monoisotopic (exact) mass is 293 g/mol. The van der Waals surface area contributed by atoms with Gasteiger partial charge in [0.2, 0.25) is 11.8 Å². The molecule has 0 bridgehead atoms. The predicted molar refractivity (Wildman–Crippen MR) is 82.3 cm³/mol. The van der Waals surface area contributed by atoms with Crippen molar-refractivity contribution in [2.24, 2.45) is 5.92 Å². The number of ether oxygens (including phenoxy) is 1. The smallest absolute Gasteiger partial charge is 0.224 e. The van der Waals surface area contributed by atoms with Crippen molar-refractivity contribution in [1.82, 2.24) is 10.6 Å². The maximum atomic E-state index is 11.7. The standard InChI is InChI=1S/C15H23N3O3/c1-11(10-16-3)15(20)17-7-8-21-14-6-4-5-13(9-14)18-12(2)19/h4-6,9,11,16H,7-8,10H2,1-3H3,(H,17,20)(H,18,19). The first-order valence-electron chi connectivity index (χ1n) is 6.95. The number of amides is 2. The largest absolute Gasteiger partial charge is 0.492 e. The molecule has 0 aliphatic rings. The topological polar surface area (TPSA) is 79.5 Å². The van der Waals surface area contributed by atoms with Gasteiger partial charge in [-0.3, -0.25) is 9.59 Å². The van der Waals surface area contributed by atoms with Crippen molar-refractivity contribution < 1.29 is 14.3 Å². The summed E-state index contributed by atoms with van der Waals surface area (Å²) >= 11 is 0. The van der Waals surface area contributed by atoms with E-state index in [2.05, 4.69) is 16.0 Å². The molecule has 0 aliphatic heterocycles. The second-order valence-electron chi connectivity index (χ2n) is 4.81. The summed E-state index contributed by atoms with van der Waals surface area (Å²) in [5, 5.41) is 8.46. The molecule has 0 radical (unpaired) electrons. The maximum absolute atomic E-state index is 11.7. The molecule has 6 heteroatoms. The van der Waals surface area contributed by atoms with Crippen LogP contribution in [0.15, 0.2) is 24.3 Å². The van der Waals surface area contributed by atoms with Gasteiger partial charge in [-0.25, -0.2) is 0 Å². The van der Waals surface area contributed by atoms with Crippen molar-refractivity contribution in [2.45, 2.75) is 13.8 Å². The van der Waals surface area contributed by atoms with Gasteiger partial charge >= 0.3 is 0 Å². The molecule has 116 valence electrons. The van der Waals surface area contributed by atoms with Gasteiger partial charge in [-0.2, -0.15) is 0 Å². The Bertz CT molecular complexity index is 477. The average molecular weight is 293 g/mol. The predicted octanol–water partition coefficient (Wildman–Crippen LogP) is 0.996. The van der Waals surface area contributed by atoms with Crippen LogP contribution in [0.5, 0.6) is 5.75 Å². The molecule has 1 rings (SSSR count). The van der Waals surface area contributed by atoms with Crippen molar-refractivity contribution in [1.29, 1.82) is 0 Å². The summed E-state index contributed by atoms with van der Waals surface area (Å²) in [6.07, 6.45) is 0. The lowest BCUT2D eigenvalue weighted by atomic mass is 10.1. The summed E-state index contributed by atoms with van der Waals surface area (Å²) < 4.78 is 5.54. The molecule has 0 saturated heterocycles. The highest BCUT2D eigenvalue weighted by Gasteiger charge is 2.10. The SMILES string of the molecule is CNCC(C)C(=O)NCCOc1cccc(NC(C)=O)c1. The average Bonchev–Trinajstić information content (AvgIpc) is 2.43. The first-order chi connectivity index (χ1) is 10.0. The molecule has 1 unspecified atom stereocenters. The fourth-order valence-electron chi connectivity index (χ4n) is 1.78. The number of nitrogens with one attached hydrogen (secondary N) is 3. The zero-order chi connectivity index (χ0) is 15.7. The van der Waals surface area contributed by atoms with E-state index in [1.54, 1.807) is 24.3 Å². The molecule has 1 aromatic carbocycles. The fourth-order valence-corrected chi connectivity index (χ4v) is 1.78. The van der Waals surface area contributed by atoms with E-state index in [0.29, 0.717) is 31.1 Å². The summed E-state index contributed by atoms with van der Waals surface area (Å²) in [4.78, 5) is 22.6. The summed E-state index contributed by atoms with van der Waals surface area (Å²) in [5.41, 5.74) is 0.687. The van der Waals surface area contributed by atoms with E-state index in [1.807, 2.05) is 14.0 Å². The van der Waals surface area contributed by atoms with Crippen LogP contribution in [0.3, 0.4) is 0 Å². The third-order valence-corrected chi connectivity index (χ3v) is 2.78. The van der Waals surface area contributed by atoms with Gasteiger partial charge in [0.1, 0.15) is 12.4 Å². The third-order valence-electron chi connectivity index (χ3n) is 2.78. The van der Waals surface area contributed by atoms with Gasteiger partial charge in [0.15, 0.2) is 0 Å². The van der Waals surface area contributed by atoms with Crippen molar-refractivity contribution in [3.05, 3.63) is 24.3 Å². The molecule has 2 amide bonds. The van der Waals surface area contributed by atoms with Crippen LogP contribution in [0, 0.1) is 5.92 Å². The highest BCUT2D eigenvalue weighted by molar-refractivity contribution is 5.88. The molecule has 6 nitrogen and oxygen atoms in total. The summed E-state index contributed by atoms with van der Waals surface area (Å²) in [6, 6.07) is 7.13. The number of hydrogen-bond donors (Lipinski definition) is 3. The molecule has 1 aromatic rings. The van der Waals surface area contributed by atoms with Crippen LogP contribution in [0.1, 0.15) is 13.8 Å². The Balaban J connectivity index is 2.32. The number of carbonyl (C=O) groups is 2. The fraction of sp³-hybridized carbons (Fsp3) is 0.467. The molecule has 1 atom stereocenters. The molecule has 0 heterocycles. The Morgan fingerprint density at radius 1 is 1.33 bits per heavy atom. The first kappa shape index (κ1) is 17.0. The highest BCUT2D eigenvalue weighted by atomic mass is 16.5. The minimum Gasteiger partial charge on any atom is -0.492 e.